The van der Waals surface area contributed by atoms with Gasteiger partial charge in [0.2, 0.25) is 0 Å². The van der Waals surface area contributed by atoms with E-state index < -0.39 is 0 Å². The summed E-state index contributed by atoms with van der Waals surface area (Å²) in [6.45, 7) is 0. The lowest BCUT2D eigenvalue weighted by atomic mass is 10.3. The third-order valence-corrected chi connectivity index (χ3v) is 3.00. The molecule has 2 heterocycles. The van der Waals surface area contributed by atoms with Crippen LogP contribution in [0.2, 0.25) is 4.34 Å². The minimum absolute atomic E-state index is 0.768. The van der Waals surface area contributed by atoms with E-state index in [2.05, 4.69) is 15.3 Å². The van der Waals surface area contributed by atoms with Crippen molar-refractivity contribution in [2.24, 2.45) is 0 Å². The van der Waals surface area contributed by atoms with Crippen molar-refractivity contribution in [1.82, 2.24) is 9.97 Å². The van der Waals surface area contributed by atoms with E-state index in [0.717, 1.165) is 20.7 Å². The summed E-state index contributed by atoms with van der Waals surface area (Å²) in [6, 6.07) is 5.71. The molecule has 0 aliphatic heterocycles. The summed E-state index contributed by atoms with van der Waals surface area (Å²) in [5, 5.41) is 2.96. The molecule has 0 fully saturated rings. The Balaban J connectivity index is 2.41. The van der Waals surface area contributed by atoms with Crippen LogP contribution in [0.1, 0.15) is 0 Å². The fourth-order valence-electron chi connectivity index (χ4n) is 1.08. The zero-order valence-electron chi connectivity index (χ0n) is 7.49. The number of anilines is 1. The van der Waals surface area contributed by atoms with Crippen LogP contribution in [-0.2, 0) is 0 Å². The highest BCUT2D eigenvalue weighted by atomic mass is 35.5. The Bertz CT molecular complexity index is 441. The second-order valence-electron chi connectivity index (χ2n) is 2.64. The van der Waals surface area contributed by atoms with Gasteiger partial charge in [-0.25, -0.2) is 9.97 Å². The zero-order chi connectivity index (χ0) is 9.97. The van der Waals surface area contributed by atoms with E-state index in [1.807, 2.05) is 25.2 Å². The van der Waals surface area contributed by atoms with Gasteiger partial charge in [-0.3, -0.25) is 0 Å². The van der Waals surface area contributed by atoms with Crippen LogP contribution in [0.3, 0.4) is 0 Å². The zero-order valence-corrected chi connectivity index (χ0v) is 9.06. The van der Waals surface area contributed by atoms with Crippen LogP contribution >= 0.6 is 22.9 Å². The molecule has 14 heavy (non-hydrogen) atoms. The summed E-state index contributed by atoms with van der Waals surface area (Å²) in [5.74, 6) is 0.805. The maximum atomic E-state index is 5.84. The quantitative estimate of drug-likeness (QED) is 0.854. The summed E-state index contributed by atoms with van der Waals surface area (Å²) in [5.41, 5.74) is 0.890. The summed E-state index contributed by atoms with van der Waals surface area (Å²) in [4.78, 5) is 9.26. The van der Waals surface area contributed by atoms with Crippen molar-refractivity contribution in [3.05, 3.63) is 28.9 Å². The van der Waals surface area contributed by atoms with Gasteiger partial charge < -0.3 is 5.32 Å². The second-order valence-corrected chi connectivity index (χ2v) is 4.36. The molecule has 0 saturated heterocycles. The molecule has 0 aromatic carbocycles. The van der Waals surface area contributed by atoms with Gasteiger partial charge in [0.1, 0.15) is 12.1 Å². The highest BCUT2D eigenvalue weighted by Crippen LogP contribution is 2.30. The fraction of sp³-hybridized carbons (Fsp3) is 0.111. The molecule has 2 aromatic rings. The van der Waals surface area contributed by atoms with Gasteiger partial charge >= 0.3 is 0 Å². The number of halogens is 1. The molecule has 72 valence electrons. The SMILES string of the molecule is CNc1cc(-c2ccc(Cl)s2)ncn1. The third-order valence-electron chi connectivity index (χ3n) is 1.75. The Morgan fingerprint density at radius 1 is 1.36 bits per heavy atom. The Kier molecular flexibility index (Phi) is 2.65. The first-order chi connectivity index (χ1) is 6.79. The maximum Gasteiger partial charge on any atom is 0.129 e. The molecule has 0 radical (unpaired) electrons. The summed E-state index contributed by atoms with van der Waals surface area (Å²) >= 11 is 7.35. The molecule has 0 saturated carbocycles. The van der Waals surface area contributed by atoms with E-state index in [1.54, 1.807) is 0 Å². The average Bonchev–Trinajstić information content (AvgIpc) is 2.65. The van der Waals surface area contributed by atoms with Crippen LogP contribution in [-0.4, -0.2) is 17.0 Å². The smallest absolute Gasteiger partial charge is 0.129 e. The summed E-state index contributed by atoms with van der Waals surface area (Å²) in [7, 11) is 1.83. The molecule has 3 nitrogen and oxygen atoms in total. The first-order valence-electron chi connectivity index (χ1n) is 4.05. The van der Waals surface area contributed by atoms with E-state index in [1.165, 1.54) is 17.7 Å². The molecule has 0 aliphatic rings. The van der Waals surface area contributed by atoms with Crippen molar-refractivity contribution in [2.75, 3.05) is 12.4 Å². The van der Waals surface area contributed by atoms with Crippen LogP contribution in [0.15, 0.2) is 24.5 Å². The molecule has 0 aliphatic carbocycles. The minimum Gasteiger partial charge on any atom is -0.373 e. The molecule has 2 aromatic heterocycles. The fourth-order valence-corrected chi connectivity index (χ4v) is 2.09. The molecule has 0 bridgehead atoms. The topological polar surface area (TPSA) is 37.8 Å². The second kappa shape index (κ2) is 3.94. The van der Waals surface area contributed by atoms with Crippen molar-refractivity contribution in [2.45, 2.75) is 0 Å². The van der Waals surface area contributed by atoms with Crippen molar-refractivity contribution in [1.29, 1.82) is 0 Å². The van der Waals surface area contributed by atoms with Gasteiger partial charge in [-0.15, -0.1) is 11.3 Å². The van der Waals surface area contributed by atoms with Crippen LogP contribution in [0, 0.1) is 0 Å². The third kappa shape index (κ3) is 1.86. The molecule has 0 unspecified atom stereocenters. The summed E-state index contributed by atoms with van der Waals surface area (Å²) < 4.78 is 0.768. The van der Waals surface area contributed by atoms with Gasteiger partial charge in [0, 0.05) is 13.1 Å². The van der Waals surface area contributed by atoms with E-state index in [-0.39, 0.29) is 0 Å². The van der Waals surface area contributed by atoms with E-state index in [0.29, 0.717) is 0 Å². The van der Waals surface area contributed by atoms with E-state index in [9.17, 15) is 0 Å². The Morgan fingerprint density at radius 3 is 2.86 bits per heavy atom. The number of hydrogen-bond acceptors (Lipinski definition) is 4. The van der Waals surface area contributed by atoms with Crippen molar-refractivity contribution in [3.63, 3.8) is 0 Å². The van der Waals surface area contributed by atoms with Crippen molar-refractivity contribution >= 4 is 28.8 Å². The first-order valence-corrected chi connectivity index (χ1v) is 5.24. The van der Waals surface area contributed by atoms with Gasteiger partial charge in [-0.05, 0) is 12.1 Å². The van der Waals surface area contributed by atoms with Gasteiger partial charge in [0.05, 0.1) is 14.9 Å². The Morgan fingerprint density at radius 2 is 2.21 bits per heavy atom. The monoisotopic (exact) mass is 225 g/mol. The molecule has 1 N–H and O–H groups in total. The molecule has 0 atom stereocenters. The van der Waals surface area contributed by atoms with E-state index >= 15 is 0 Å². The largest absolute Gasteiger partial charge is 0.373 e. The lowest BCUT2D eigenvalue weighted by molar-refractivity contribution is 1.17. The van der Waals surface area contributed by atoms with Crippen molar-refractivity contribution < 1.29 is 0 Å². The first kappa shape index (κ1) is 9.43. The molecule has 5 heteroatoms. The van der Waals surface area contributed by atoms with Gasteiger partial charge in [-0.1, -0.05) is 11.6 Å². The predicted octanol–water partition coefficient (Wildman–Crippen LogP) is 2.90. The van der Waals surface area contributed by atoms with E-state index in [4.69, 9.17) is 11.6 Å². The van der Waals surface area contributed by atoms with Gasteiger partial charge in [0.15, 0.2) is 0 Å². The Labute approximate surface area is 90.8 Å². The lowest BCUT2D eigenvalue weighted by Crippen LogP contribution is -1.93. The Hall–Kier alpha value is -1.13. The minimum atomic E-state index is 0.768. The standard InChI is InChI=1S/C9H8ClN3S/c1-11-9-4-6(12-5-13-9)7-2-3-8(10)14-7/h2-5H,1H3,(H,11,12,13). The molecule has 0 amide bonds. The lowest BCUT2D eigenvalue weighted by Gasteiger charge is -1.99. The van der Waals surface area contributed by atoms with Gasteiger partial charge in [-0.2, -0.15) is 0 Å². The number of nitrogens with one attached hydrogen (secondary N) is 1. The van der Waals surface area contributed by atoms with Crippen LogP contribution in [0.5, 0.6) is 0 Å². The predicted molar refractivity (Wildman–Crippen MR) is 59.9 cm³/mol. The number of nitrogens with zero attached hydrogens (tertiary/aromatic N) is 2. The van der Waals surface area contributed by atoms with Crippen LogP contribution in [0.25, 0.3) is 10.6 Å². The number of hydrogen-bond donors (Lipinski definition) is 1. The van der Waals surface area contributed by atoms with Gasteiger partial charge in [0.25, 0.3) is 0 Å². The van der Waals surface area contributed by atoms with Crippen molar-refractivity contribution in [3.8, 4) is 10.6 Å². The average molecular weight is 226 g/mol. The normalized spacial score (nSPS) is 10.1. The molecular weight excluding hydrogens is 218 g/mol. The number of aromatic nitrogens is 2. The highest BCUT2D eigenvalue weighted by molar-refractivity contribution is 7.19. The number of thiophene rings is 1. The molecular formula is C9H8ClN3S. The molecule has 2 rings (SSSR count). The number of rotatable bonds is 2. The van der Waals surface area contributed by atoms with Crippen LogP contribution < -0.4 is 5.32 Å². The summed E-state index contributed by atoms with van der Waals surface area (Å²) in [6.07, 6.45) is 1.54. The van der Waals surface area contributed by atoms with Crippen LogP contribution in [0.4, 0.5) is 5.82 Å². The maximum absolute atomic E-state index is 5.84. The highest BCUT2D eigenvalue weighted by Gasteiger charge is 2.03. The molecule has 0 spiro atoms.